The Hall–Kier alpha value is -3.35. The third-order valence-corrected chi connectivity index (χ3v) is 5.81. The molecular formula is C23H28N6O2S. The van der Waals surface area contributed by atoms with Crippen LogP contribution >= 0.6 is 11.5 Å². The molecule has 1 aromatic heterocycles. The second-order valence-electron chi connectivity index (χ2n) is 7.08. The fourth-order valence-electron chi connectivity index (χ4n) is 3.57. The monoisotopic (exact) mass is 452 g/mol. The number of ether oxygens (including phenoxy) is 2. The van der Waals surface area contributed by atoms with Crippen LogP contribution in [0.3, 0.4) is 0 Å². The van der Waals surface area contributed by atoms with Gasteiger partial charge in [0.05, 0.1) is 12.4 Å². The van der Waals surface area contributed by atoms with E-state index in [1.807, 2.05) is 36.3 Å². The van der Waals surface area contributed by atoms with E-state index in [4.69, 9.17) is 14.5 Å². The van der Waals surface area contributed by atoms with Gasteiger partial charge in [-0.25, -0.2) is 0 Å². The number of amidine groups is 1. The normalized spacial score (nSPS) is 18.4. The average molecular weight is 453 g/mol. The van der Waals surface area contributed by atoms with Gasteiger partial charge in [-0.2, -0.15) is 9.47 Å². The molecule has 1 fully saturated rings. The van der Waals surface area contributed by atoms with Crippen LogP contribution in [0.1, 0.15) is 30.0 Å². The summed E-state index contributed by atoms with van der Waals surface area (Å²) in [6.45, 7) is 8.03. The Labute approximate surface area is 193 Å². The SMILES string of the molecule is C#C.C=NN1CCCC(c2ccc3c(c2)OCO3)/C1=N/CNC/C=C/Nc1cc(C)ns1. The summed E-state index contributed by atoms with van der Waals surface area (Å²) in [6, 6.07) is 8.13. The summed E-state index contributed by atoms with van der Waals surface area (Å²) >= 11 is 1.45. The molecule has 3 heterocycles. The van der Waals surface area contributed by atoms with Crippen LogP contribution in [-0.4, -0.2) is 48.5 Å². The lowest BCUT2D eigenvalue weighted by atomic mass is 9.89. The maximum Gasteiger partial charge on any atom is 0.231 e. The van der Waals surface area contributed by atoms with Gasteiger partial charge in [0.15, 0.2) is 11.5 Å². The number of benzene rings is 1. The highest BCUT2D eigenvalue weighted by Crippen LogP contribution is 2.37. The Morgan fingerprint density at radius 1 is 1.31 bits per heavy atom. The summed E-state index contributed by atoms with van der Waals surface area (Å²) in [5.74, 6) is 2.68. The second-order valence-corrected chi connectivity index (χ2v) is 7.88. The highest BCUT2D eigenvalue weighted by Gasteiger charge is 2.29. The lowest BCUT2D eigenvalue weighted by Gasteiger charge is -2.32. The minimum atomic E-state index is 0.160. The number of hydrazone groups is 1. The van der Waals surface area contributed by atoms with E-state index in [-0.39, 0.29) is 12.7 Å². The molecule has 2 N–H and O–H groups in total. The van der Waals surface area contributed by atoms with Crippen molar-refractivity contribution >= 4 is 29.1 Å². The lowest BCUT2D eigenvalue weighted by molar-refractivity contribution is 0.174. The van der Waals surface area contributed by atoms with E-state index in [0.717, 1.165) is 53.0 Å². The Morgan fingerprint density at radius 2 is 2.16 bits per heavy atom. The van der Waals surface area contributed by atoms with Gasteiger partial charge in [0.2, 0.25) is 6.79 Å². The van der Waals surface area contributed by atoms with E-state index >= 15 is 0 Å². The molecule has 2 aliphatic heterocycles. The number of hydrogen-bond acceptors (Lipinski definition) is 8. The van der Waals surface area contributed by atoms with Crippen molar-refractivity contribution in [2.75, 3.05) is 31.9 Å². The van der Waals surface area contributed by atoms with Crippen LogP contribution < -0.4 is 20.1 Å². The first kappa shape index (κ1) is 23.3. The summed E-state index contributed by atoms with van der Waals surface area (Å²) in [6.07, 6.45) is 14.0. The molecule has 0 bridgehead atoms. The molecule has 0 radical (unpaired) electrons. The Bertz CT molecular complexity index is 984. The Kier molecular flexibility index (Phi) is 8.66. The molecule has 0 aliphatic carbocycles. The van der Waals surface area contributed by atoms with Gasteiger partial charge in [0.1, 0.15) is 10.8 Å². The highest BCUT2D eigenvalue weighted by molar-refractivity contribution is 7.10. The molecule has 0 spiro atoms. The van der Waals surface area contributed by atoms with Gasteiger partial charge in [0.25, 0.3) is 0 Å². The minimum absolute atomic E-state index is 0.160. The third kappa shape index (κ3) is 5.87. The number of fused-ring (bicyclic) bond motifs is 1. The van der Waals surface area contributed by atoms with Crippen molar-refractivity contribution in [2.24, 2.45) is 10.1 Å². The number of terminal acetylenes is 1. The number of hydrogen-bond donors (Lipinski definition) is 2. The minimum Gasteiger partial charge on any atom is -0.454 e. The second kappa shape index (κ2) is 11.9. The molecule has 1 aromatic carbocycles. The van der Waals surface area contributed by atoms with Gasteiger partial charge < -0.3 is 14.8 Å². The van der Waals surface area contributed by atoms with E-state index in [1.165, 1.54) is 11.5 Å². The number of aliphatic imine (C=N–C) groups is 1. The number of rotatable bonds is 8. The number of aryl methyl sites for hydroxylation is 1. The van der Waals surface area contributed by atoms with Crippen molar-refractivity contribution in [1.82, 2.24) is 14.7 Å². The van der Waals surface area contributed by atoms with Crippen molar-refractivity contribution < 1.29 is 9.47 Å². The third-order valence-electron chi connectivity index (χ3n) is 5.00. The van der Waals surface area contributed by atoms with Crippen molar-refractivity contribution in [1.29, 1.82) is 0 Å². The molecule has 2 aromatic rings. The zero-order valence-corrected chi connectivity index (χ0v) is 19.0. The van der Waals surface area contributed by atoms with Crippen molar-refractivity contribution in [3.63, 3.8) is 0 Å². The van der Waals surface area contributed by atoms with Crippen LogP contribution in [0.2, 0.25) is 0 Å². The predicted octanol–water partition coefficient (Wildman–Crippen LogP) is 3.80. The molecular weight excluding hydrogens is 424 g/mol. The molecule has 0 saturated carbocycles. The predicted molar refractivity (Wildman–Crippen MR) is 131 cm³/mol. The number of aromatic nitrogens is 1. The molecule has 9 heteroatoms. The summed E-state index contributed by atoms with van der Waals surface area (Å²) in [5, 5.41) is 13.7. The highest BCUT2D eigenvalue weighted by atomic mass is 32.1. The summed E-state index contributed by atoms with van der Waals surface area (Å²) in [4.78, 5) is 4.81. The Balaban J connectivity index is 0.00000141. The Morgan fingerprint density at radius 3 is 2.94 bits per heavy atom. The quantitative estimate of drug-likeness (QED) is 0.360. The largest absolute Gasteiger partial charge is 0.454 e. The first-order valence-electron chi connectivity index (χ1n) is 10.3. The summed E-state index contributed by atoms with van der Waals surface area (Å²) < 4.78 is 15.2. The maximum absolute atomic E-state index is 5.55. The zero-order chi connectivity index (χ0) is 22.8. The number of nitrogens with one attached hydrogen (secondary N) is 2. The molecule has 168 valence electrons. The van der Waals surface area contributed by atoms with Crippen LogP contribution in [-0.2, 0) is 0 Å². The molecule has 1 unspecified atom stereocenters. The van der Waals surface area contributed by atoms with E-state index in [9.17, 15) is 0 Å². The lowest BCUT2D eigenvalue weighted by Crippen LogP contribution is -2.37. The van der Waals surface area contributed by atoms with Gasteiger partial charge >= 0.3 is 0 Å². The van der Waals surface area contributed by atoms with Crippen LogP contribution in [0.4, 0.5) is 5.00 Å². The topological polar surface area (TPSA) is 83.4 Å². The van der Waals surface area contributed by atoms with Gasteiger partial charge in [-0.05, 0) is 61.3 Å². The molecule has 32 heavy (non-hydrogen) atoms. The zero-order valence-electron chi connectivity index (χ0n) is 18.2. The standard InChI is InChI=1S/C21H26N6O2S.C2H2/c1-15-11-20(30-26-15)24-9-4-8-23-13-25-21-17(5-3-10-27(21)22-2)16-6-7-18-19(12-16)29-14-28-18;1-2/h4,6-7,9,11-12,17,23-24H,2-3,5,8,10,13-14H2,1H3;1-2H/b9-4+,25-21-;. The van der Waals surface area contributed by atoms with Crippen LogP contribution in [0, 0.1) is 19.8 Å². The van der Waals surface area contributed by atoms with Crippen LogP contribution in [0.25, 0.3) is 0 Å². The first-order chi connectivity index (χ1) is 15.7. The van der Waals surface area contributed by atoms with Gasteiger partial charge in [0, 0.05) is 25.7 Å². The number of anilines is 1. The van der Waals surface area contributed by atoms with E-state index in [2.05, 4.69) is 51.8 Å². The maximum atomic E-state index is 5.55. The van der Waals surface area contributed by atoms with Crippen LogP contribution in [0.5, 0.6) is 11.5 Å². The molecule has 1 saturated heterocycles. The summed E-state index contributed by atoms with van der Waals surface area (Å²) in [7, 11) is 0. The van der Waals surface area contributed by atoms with E-state index < -0.39 is 0 Å². The molecule has 2 aliphatic rings. The van der Waals surface area contributed by atoms with Gasteiger partial charge in [-0.15, -0.1) is 12.8 Å². The van der Waals surface area contributed by atoms with Crippen molar-refractivity contribution in [2.45, 2.75) is 25.7 Å². The molecule has 1 atom stereocenters. The molecule has 0 amide bonds. The van der Waals surface area contributed by atoms with Crippen molar-refractivity contribution in [3.8, 4) is 24.3 Å². The fourth-order valence-corrected chi connectivity index (χ4v) is 4.20. The van der Waals surface area contributed by atoms with E-state index in [1.54, 1.807) is 0 Å². The van der Waals surface area contributed by atoms with Crippen molar-refractivity contribution in [3.05, 3.63) is 47.8 Å². The molecule has 8 nitrogen and oxygen atoms in total. The number of nitrogens with zero attached hydrogens (tertiary/aromatic N) is 4. The van der Waals surface area contributed by atoms with E-state index in [0.29, 0.717) is 13.2 Å². The fraction of sp³-hybridized carbons (Fsp3) is 0.348. The number of piperidine rings is 1. The average Bonchev–Trinajstić information content (AvgIpc) is 3.47. The van der Waals surface area contributed by atoms with Crippen LogP contribution in [0.15, 0.2) is 46.6 Å². The first-order valence-corrected chi connectivity index (χ1v) is 11.1. The van der Waals surface area contributed by atoms with Gasteiger partial charge in [-0.3, -0.25) is 15.3 Å². The summed E-state index contributed by atoms with van der Waals surface area (Å²) in [5.41, 5.74) is 2.19. The molecule has 4 rings (SSSR count). The smallest absolute Gasteiger partial charge is 0.231 e. The van der Waals surface area contributed by atoms with Gasteiger partial charge in [-0.1, -0.05) is 12.1 Å².